The Bertz CT molecular complexity index is 628. The van der Waals surface area contributed by atoms with Gasteiger partial charge < -0.3 is 20.3 Å². The summed E-state index contributed by atoms with van der Waals surface area (Å²) in [5.41, 5.74) is 2.03. The number of nitrogens with zero attached hydrogens (tertiary/aromatic N) is 2. The van der Waals surface area contributed by atoms with Crippen molar-refractivity contribution in [3.63, 3.8) is 0 Å². The van der Waals surface area contributed by atoms with E-state index in [4.69, 9.17) is 4.74 Å². The van der Waals surface area contributed by atoms with Crippen LogP contribution >= 0.6 is 0 Å². The second kappa shape index (κ2) is 9.05. The Kier molecular flexibility index (Phi) is 6.80. The summed E-state index contributed by atoms with van der Waals surface area (Å²) in [4.78, 5) is 29.1. The molecule has 0 radical (unpaired) electrons. The third-order valence-electron chi connectivity index (χ3n) is 4.18. The monoisotopic (exact) mass is 346 g/mol. The zero-order valence-corrected chi connectivity index (χ0v) is 15.0. The van der Waals surface area contributed by atoms with Gasteiger partial charge in [-0.2, -0.15) is 0 Å². The number of rotatable bonds is 6. The van der Waals surface area contributed by atoms with Crippen molar-refractivity contribution in [1.29, 1.82) is 0 Å². The topological polar surface area (TPSA) is 83.0 Å². The van der Waals surface area contributed by atoms with Crippen LogP contribution in [0.4, 0.5) is 5.69 Å². The van der Waals surface area contributed by atoms with Crippen molar-refractivity contribution < 1.29 is 14.3 Å². The van der Waals surface area contributed by atoms with Crippen LogP contribution in [-0.4, -0.2) is 45.1 Å². The molecule has 1 aromatic rings. The van der Waals surface area contributed by atoms with Crippen molar-refractivity contribution in [3.8, 4) is 0 Å². The van der Waals surface area contributed by atoms with Crippen molar-refractivity contribution in [2.75, 3.05) is 32.1 Å². The van der Waals surface area contributed by atoms with E-state index < -0.39 is 0 Å². The van der Waals surface area contributed by atoms with Crippen LogP contribution in [0.1, 0.15) is 25.3 Å². The van der Waals surface area contributed by atoms with E-state index >= 15 is 0 Å². The number of hydrogen-bond donors (Lipinski definition) is 2. The third-order valence-corrected chi connectivity index (χ3v) is 4.18. The molecule has 1 fully saturated rings. The van der Waals surface area contributed by atoms with Gasteiger partial charge in [0.25, 0.3) is 0 Å². The highest BCUT2D eigenvalue weighted by Gasteiger charge is 2.21. The molecule has 0 aromatic heterocycles. The number of benzene rings is 1. The lowest BCUT2D eigenvalue weighted by atomic mass is 10.2. The molecule has 2 rings (SSSR count). The van der Waals surface area contributed by atoms with Gasteiger partial charge in [0.15, 0.2) is 5.96 Å². The molecule has 1 aliphatic heterocycles. The minimum Gasteiger partial charge on any atom is -0.469 e. The maximum Gasteiger partial charge on any atom is 0.310 e. The Morgan fingerprint density at radius 3 is 2.60 bits per heavy atom. The molecule has 7 nitrogen and oxygen atoms in total. The van der Waals surface area contributed by atoms with E-state index in [2.05, 4.69) is 15.6 Å². The third kappa shape index (κ3) is 5.20. The van der Waals surface area contributed by atoms with E-state index in [-0.39, 0.29) is 17.8 Å². The second-order valence-corrected chi connectivity index (χ2v) is 6.05. The van der Waals surface area contributed by atoms with Gasteiger partial charge in [-0.05, 0) is 24.1 Å². The predicted octanol–water partition coefficient (Wildman–Crippen LogP) is 1.29. The molecule has 7 heteroatoms. The van der Waals surface area contributed by atoms with Gasteiger partial charge in [0.1, 0.15) is 0 Å². The average molecular weight is 346 g/mol. The summed E-state index contributed by atoms with van der Waals surface area (Å²) < 4.78 is 4.70. The Morgan fingerprint density at radius 2 is 2.04 bits per heavy atom. The van der Waals surface area contributed by atoms with Crippen LogP contribution in [0.5, 0.6) is 0 Å². The van der Waals surface area contributed by atoms with E-state index in [1.54, 1.807) is 14.0 Å². The minimum atomic E-state index is -0.255. The fraction of sp³-hybridized carbons (Fsp3) is 0.500. The molecular weight excluding hydrogens is 320 g/mol. The maximum atomic E-state index is 11.8. The lowest BCUT2D eigenvalue weighted by Crippen LogP contribution is -2.40. The first kappa shape index (κ1) is 18.8. The molecule has 1 atom stereocenters. The summed E-state index contributed by atoms with van der Waals surface area (Å²) in [6.07, 6.45) is 1.56. The summed E-state index contributed by atoms with van der Waals surface area (Å²) in [6.45, 7) is 3.64. The van der Waals surface area contributed by atoms with Crippen molar-refractivity contribution in [2.45, 2.75) is 26.3 Å². The highest BCUT2D eigenvalue weighted by Crippen LogP contribution is 2.21. The standard InChI is InChI=1S/C18H26N4O3/c1-13(17(24)25-3)11-20-18(19-2)21-12-14-6-8-15(9-7-14)22-10-4-5-16(22)23/h6-9,13H,4-5,10-12H2,1-3H3,(H2,19,20,21). The van der Waals surface area contributed by atoms with E-state index in [1.165, 1.54) is 7.11 Å². The van der Waals surface area contributed by atoms with E-state index in [9.17, 15) is 9.59 Å². The van der Waals surface area contributed by atoms with Crippen LogP contribution in [-0.2, 0) is 20.9 Å². The quantitative estimate of drug-likeness (QED) is 0.461. The molecule has 1 aliphatic rings. The fourth-order valence-corrected chi connectivity index (χ4v) is 2.66. The summed E-state index contributed by atoms with van der Waals surface area (Å²) in [5, 5.41) is 6.30. The van der Waals surface area contributed by atoms with Crippen LogP contribution in [0, 0.1) is 5.92 Å². The molecule has 136 valence electrons. The smallest absolute Gasteiger partial charge is 0.310 e. The van der Waals surface area contributed by atoms with Gasteiger partial charge in [-0.15, -0.1) is 0 Å². The largest absolute Gasteiger partial charge is 0.469 e. The number of guanidine groups is 1. The van der Waals surface area contributed by atoms with Crippen LogP contribution < -0.4 is 15.5 Å². The highest BCUT2D eigenvalue weighted by atomic mass is 16.5. The Balaban J connectivity index is 1.83. The zero-order valence-electron chi connectivity index (χ0n) is 15.0. The van der Waals surface area contributed by atoms with Gasteiger partial charge in [-0.25, -0.2) is 0 Å². The van der Waals surface area contributed by atoms with Crippen LogP contribution in [0.25, 0.3) is 0 Å². The first-order chi connectivity index (χ1) is 12.0. The lowest BCUT2D eigenvalue weighted by molar-refractivity contribution is -0.144. The predicted molar refractivity (Wildman–Crippen MR) is 97.4 cm³/mol. The number of aliphatic imine (C=N–C) groups is 1. The SMILES string of the molecule is CN=C(NCc1ccc(N2CCCC2=O)cc1)NCC(C)C(=O)OC. The Labute approximate surface area is 148 Å². The number of hydrogen-bond acceptors (Lipinski definition) is 4. The van der Waals surface area contributed by atoms with E-state index in [0.717, 1.165) is 24.2 Å². The molecule has 1 saturated heterocycles. The number of ether oxygens (including phenoxy) is 1. The lowest BCUT2D eigenvalue weighted by Gasteiger charge is -2.17. The van der Waals surface area contributed by atoms with Crippen LogP contribution in [0.3, 0.4) is 0 Å². The summed E-state index contributed by atoms with van der Waals surface area (Å²) in [5.74, 6) is 0.306. The van der Waals surface area contributed by atoms with Gasteiger partial charge in [0, 0.05) is 38.8 Å². The molecule has 1 aromatic carbocycles. The normalized spacial score (nSPS) is 15.9. The first-order valence-corrected chi connectivity index (χ1v) is 8.46. The van der Waals surface area contributed by atoms with Crippen LogP contribution in [0.2, 0.25) is 0 Å². The van der Waals surface area contributed by atoms with Crippen LogP contribution in [0.15, 0.2) is 29.3 Å². The molecule has 1 amide bonds. The zero-order chi connectivity index (χ0) is 18.2. The number of anilines is 1. The molecule has 25 heavy (non-hydrogen) atoms. The number of carbonyl (C=O) groups excluding carboxylic acids is 2. The summed E-state index contributed by atoms with van der Waals surface area (Å²) in [7, 11) is 3.06. The second-order valence-electron chi connectivity index (χ2n) is 6.05. The summed E-state index contributed by atoms with van der Waals surface area (Å²) >= 11 is 0. The minimum absolute atomic E-state index is 0.190. The molecule has 2 N–H and O–H groups in total. The molecular formula is C18H26N4O3. The highest BCUT2D eigenvalue weighted by molar-refractivity contribution is 5.95. The maximum absolute atomic E-state index is 11.8. The van der Waals surface area contributed by atoms with Gasteiger partial charge in [0.05, 0.1) is 13.0 Å². The van der Waals surface area contributed by atoms with E-state index in [0.29, 0.717) is 25.5 Å². The Morgan fingerprint density at radius 1 is 1.32 bits per heavy atom. The fourth-order valence-electron chi connectivity index (χ4n) is 2.66. The number of esters is 1. The number of carbonyl (C=O) groups is 2. The van der Waals surface area contributed by atoms with Crippen molar-refractivity contribution in [3.05, 3.63) is 29.8 Å². The molecule has 0 bridgehead atoms. The molecule has 0 spiro atoms. The summed E-state index contributed by atoms with van der Waals surface area (Å²) in [6, 6.07) is 7.93. The Hall–Kier alpha value is -2.57. The number of amides is 1. The van der Waals surface area contributed by atoms with Gasteiger partial charge >= 0.3 is 5.97 Å². The van der Waals surface area contributed by atoms with Gasteiger partial charge in [-0.3, -0.25) is 14.6 Å². The first-order valence-electron chi connectivity index (χ1n) is 8.46. The van der Waals surface area contributed by atoms with Gasteiger partial charge in [-0.1, -0.05) is 19.1 Å². The van der Waals surface area contributed by atoms with E-state index in [1.807, 2.05) is 29.2 Å². The van der Waals surface area contributed by atoms with Crippen molar-refractivity contribution >= 4 is 23.5 Å². The molecule has 1 heterocycles. The average Bonchev–Trinajstić information content (AvgIpc) is 3.07. The molecule has 0 aliphatic carbocycles. The van der Waals surface area contributed by atoms with Crippen molar-refractivity contribution in [2.24, 2.45) is 10.9 Å². The molecule has 1 unspecified atom stereocenters. The van der Waals surface area contributed by atoms with Gasteiger partial charge in [0.2, 0.25) is 5.91 Å². The number of nitrogens with one attached hydrogen (secondary N) is 2. The number of methoxy groups -OCH3 is 1. The van der Waals surface area contributed by atoms with Crippen molar-refractivity contribution in [1.82, 2.24) is 10.6 Å². The molecule has 0 saturated carbocycles.